The highest BCUT2D eigenvalue weighted by Crippen LogP contribution is 2.31. The van der Waals surface area contributed by atoms with Crippen LogP contribution in [0.15, 0.2) is 22.7 Å². The van der Waals surface area contributed by atoms with Crippen molar-refractivity contribution in [1.82, 2.24) is 10.2 Å². The van der Waals surface area contributed by atoms with Crippen molar-refractivity contribution >= 4 is 28.3 Å². The summed E-state index contributed by atoms with van der Waals surface area (Å²) in [4.78, 5) is 2.49. The third-order valence-electron chi connectivity index (χ3n) is 4.21. The lowest BCUT2D eigenvalue weighted by molar-refractivity contribution is 0.190. The van der Waals surface area contributed by atoms with Gasteiger partial charge in [-0.1, -0.05) is 22.0 Å². The second kappa shape index (κ2) is 6.53. The first-order chi connectivity index (χ1) is 8.75. The Balaban J connectivity index is 0.00000133. The summed E-state index contributed by atoms with van der Waals surface area (Å²) < 4.78 is 14.8. The molecule has 0 amide bonds. The SMILES string of the molecule is Cl.Fc1cccc(Br)c1CN1C2CCNCC1CC2. The van der Waals surface area contributed by atoms with Gasteiger partial charge in [0.05, 0.1) is 0 Å². The van der Waals surface area contributed by atoms with Gasteiger partial charge in [0.1, 0.15) is 5.82 Å². The maximum atomic E-state index is 13.9. The fourth-order valence-electron chi connectivity index (χ4n) is 3.21. The molecule has 1 N–H and O–H groups in total. The van der Waals surface area contributed by atoms with Gasteiger partial charge in [-0.3, -0.25) is 4.90 Å². The zero-order chi connectivity index (χ0) is 12.5. The summed E-state index contributed by atoms with van der Waals surface area (Å²) >= 11 is 3.47. The minimum absolute atomic E-state index is 0. The van der Waals surface area contributed by atoms with E-state index in [2.05, 4.69) is 26.1 Å². The van der Waals surface area contributed by atoms with E-state index in [0.717, 1.165) is 29.7 Å². The molecule has 0 aromatic heterocycles. The van der Waals surface area contributed by atoms with Crippen LogP contribution in [0.2, 0.25) is 0 Å². The van der Waals surface area contributed by atoms with Crippen LogP contribution >= 0.6 is 28.3 Å². The largest absolute Gasteiger partial charge is 0.315 e. The summed E-state index contributed by atoms with van der Waals surface area (Å²) in [5.74, 6) is -0.0963. The predicted octanol–water partition coefficient (Wildman–Crippen LogP) is 3.34. The Kier molecular flexibility index (Phi) is 5.23. The first-order valence-electron chi connectivity index (χ1n) is 6.65. The lowest BCUT2D eigenvalue weighted by atomic mass is 10.1. The fraction of sp³-hybridized carbons (Fsp3) is 0.571. The van der Waals surface area contributed by atoms with E-state index in [-0.39, 0.29) is 18.2 Å². The molecule has 1 aromatic carbocycles. The van der Waals surface area contributed by atoms with Crippen molar-refractivity contribution in [3.63, 3.8) is 0 Å². The topological polar surface area (TPSA) is 15.3 Å². The molecule has 3 rings (SSSR count). The Morgan fingerprint density at radius 1 is 1.26 bits per heavy atom. The molecule has 1 aromatic rings. The highest BCUT2D eigenvalue weighted by atomic mass is 79.9. The molecule has 2 saturated heterocycles. The molecule has 2 unspecified atom stereocenters. The Bertz CT molecular complexity index is 409. The standard InChI is InChI=1S/C14H18BrFN2.ClH/c15-13-2-1-3-14(16)12(13)9-18-10-4-5-11(18)8-17-7-6-10;/h1-3,10-11,17H,4-9H2;1H. The maximum Gasteiger partial charge on any atom is 0.128 e. The summed E-state index contributed by atoms with van der Waals surface area (Å²) in [6, 6.07) is 6.43. The number of hydrogen-bond acceptors (Lipinski definition) is 2. The Morgan fingerprint density at radius 2 is 2.05 bits per heavy atom. The van der Waals surface area contributed by atoms with Gasteiger partial charge in [0, 0.05) is 35.2 Å². The Hall–Kier alpha value is -0.160. The molecule has 0 spiro atoms. The smallest absolute Gasteiger partial charge is 0.128 e. The number of rotatable bonds is 2. The molecule has 19 heavy (non-hydrogen) atoms. The number of nitrogens with one attached hydrogen (secondary N) is 1. The molecule has 0 radical (unpaired) electrons. The van der Waals surface area contributed by atoms with Crippen molar-refractivity contribution in [3.05, 3.63) is 34.1 Å². The Labute approximate surface area is 128 Å². The number of benzene rings is 1. The van der Waals surface area contributed by atoms with Gasteiger partial charge < -0.3 is 5.32 Å². The summed E-state index contributed by atoms with van der Waals surface area (Å²) in [7, 11) is 0. The number of halogens is 3. The third kappa shape index (κ3) is 3.13. The Morgan fingerprint density at radius 3 is 2.84 bits per heavy atom. The maximum absolute atomic E-state index is 13.9. The molecule has 0 saturated carbocycles. The quantitative estimate of drug-likeness (QED) is 0.881. The average Bonchev–Trinajstić information content (AvgIpc) is 2.57. The fourth-order valence-corrected chi connectivity index (χ4v) is 3.67. The molecule has 0 aliphatic carbocycles. The van der Waals surface area contributed by atoms with E-state index in [1.165, 1.54) is 19.3 Å². The van der Waals surface area contributed by atoms with E-state index in [1.807, 2.05) is 6.07 Å². The molecule has 2 atom stereocenters. The van der Waals surface area contributed by atoms with Crippen LogP contribution in [0.1, 0.15) is 24.8 Å². The molecule has 2 fully saturated rings. The van der Waals surface area contributed by atoms with E-state index in [0.29, 0.717) is 12.1 Å². The molecule has 2 aliphatic rings. The first-order valence-corrected chi connectivity index (χ1v) is 7.44. The lowest BCUT2D eigenvalue weighted by Gasteiger charge is -2.28. The van der Waals surface area contributed by atoms with Crippen LogP contribution in [0.25, 0.3) is 0 Å². The van der Waals surface area contributed by atoms with E-state index >= 15 is 0 Å². The predicted molar refractivity (Wildman–Crippen MR) is 81.2 cm³/mol. The van der Waals surface area contributed by atoms with Crippen molar-refractivity contribution in [2.45, 2.75) is 37.9 Å². The van der Waals surface area contributed by atoms with Gasteiger partial charge >= 0.3 is 0 Å². The third-order valence-corrected chi connectivity index (χ3v) is 4.95. The molecule has 5 heteroatoms. The highest BCUT2D eigenvalue weighted by Gasteiger charge is 2.35. The first kappa shape index (κ1) is 15.2. The minimum atomic E-state index is -0.0963. The summed E-state index contributed by atoms with van der Waals surface area (Å²) in [5.41, 5.74) is 0.802. The van der Waals surface area contributed by atoms with Crippen LogP contribution in [-0.2, 0) is 6.54 Å². The zero-order valence-electron chi connectivity index (χ0n) is 10.7. The van der Waals surface area contributed by atoms with E-state index in [4.69, 9.17) is 0 Å². The van der Waals surface area contributed by atoms with Gasteiger partial charge in [0.2, 0.25) is 0 Å². The molecular weight excluding hydrogens is 331 g/mol. The summed E-state index contributed by atoms with van der Waals surface area (Å²) in [6.07, 6.45) is 3.69. The van der Waals surface area contributed by atoms with Crippen molar-refractivity contribution in [2.75, 3.05) is 13.1 Å². The van der Waals surface area contributed by atoms with Crippen LogP contribution in [0.3, 0.4) is 0 Å². The highest BCUT2D eigenvalue weighted by molar-refractivity contribution is 9.10. The summed E-state index contributed by atoms with van der Waals surface area (Å²) in [6.45, 7) is 2.86. The van der Waals surface area contributed by atoms with Crippen molar-refractivity contribution in [3.8, 4) is 0 Å². The number of hydrogen-bond donors (Lipinski definition) is 1. The van der Waals surface area contributed by atoms with Gasteiger partial charge in [-0.15, -0.1) is 12.4 Å². The van der Waals surface area contributed by atoms with Crippen molar-refractivity contribution in [2.24, 2.45) is 0 Å². The van der Waals surface area contributed by atoms with Crippen LogP contribution in [-0.4, -0.2) is 30.1 Å². The minimum Gasteiger partial charge on any atom is -0.315 e. The van der Waals surface area contributed by atoms with E-state index < -0.39 is 0 Å². The van der Waals surface area contributed by atoms with Crippen LogP contribution in [0.5, 0.6) is 0 Å². The monoisotopic (exact) mass is 348 g/mol. The number of fused-ring (bicyclic) bond motifs is 2. The lowest BCUT2D eigenvalue weighted by Crippen LogP contribution is -2.37. The molecule has 2 aliphatic heterocycles. The van der Waals surface area contributed by atoms with Gasteiger partial charge in [0.15, 0.2) is 0 Å². The van der Waals surface area contributed by atoms with E-state index in [9.17, 15) is 4.39 Å². The van der Waals surface area contributed by atoms with Crippen molar-refractivity contribution < 1.29 is 4.39 Å². The molecule has 106 valence electrons. The normalized spacial score (nSPS) is 26.8. The van der Waals surface area contributed by atoms with Gasteiger partial charge in [-0.2, -0.15) is 0 Å². The molecular formula is C14H19BrClFN2. The zero-order valence-corrected chi connectivity index (χ0v) is 13.1. The van der Waals surface area contributed by atoms with Gasteiger partial charge in [0.25, 0.3) is 0 Å². The molecule has 2 heterocycles. The van der Waals surface area contributed by atoms with Crippen LogP contribution in [0, 0.1) is 5.82 Å². The second-order valence-corrected chi connectivity index (χ2v) is 6.10. The number of nitrogens with zero attached hydrogens (tertiary/aromatic N) is 1. The van der Waals surface area contributed by atoms with Gasteiger partial charge in [-0.05, 0) is 37.9 Å². The van der Waals surface area contributed by atoms with Crippen LogP contribution in [0.4, 0.5) is 4.39 Å². The summed E-state index contributed by atoms with van der Waals surface area (Å²) in [5, 5.41) is 3.48. The van der Waals surface area contributed by atoms with Gasteiger partial charge in [-0.25, -0.2) is 4.39 Å². The van der Waals surface area contributed by atoms with Crippen molar-refractivity contribution in [1.29, 1.82) is 0 Å². The average molecular weight is 350 g/mol. The second-order valence-electron chi connectivity index (χ2n) is 5.25. The van der Waals surface area contributed by atoms with E-state index in [1.54, 1.807) is 12.1 Å². The van der Waals surface area contributed by atoms with Crippen LogP contribution < -0.4 is 5.32 Å². The molecule has 2 bridgehead atoms. The molecule has 2 nitrogen and oxygen atoms in total.